The zero-order valence-corrected chi connectivity index (χ0v) is 26.4. The standard InChI is InChI=1S/C30H46N4O7S/c1-8-10-13-16-40-34(29(37)26(20(5)9-2)32-27(36)23-14-11-12-15-33(23)7)24(19(3)4)17-25(41-21(6)35)28-31-22(18-42-28)30(38)39/h1,18-20,23-26H,9-17H2,2-7H3,(H,32,36)(H,38,39)/t20?,23-,24?,25?,26?/m1/s1. The quantitative estimate of drug-likeness (QED) is 0.124. The molecule has 2 rings (SSSR count). The van der Waals surface area contributed by atoms with Crippen molar-refractivity contribution < 1.29 is 33.9 Å². The Morgan fingerprint density at radius 3 is 2.55 bits per heavy atom. The first-order valence-corrected chi connectivity index (χ1v) is 15.5. The van der Waals surface area contributed by atoms with Gasteiger partial charge in [-0.3, -0.25) is 24.1 Å². The van der Waals surface area contributed by atoms with Gasteiger partial charge in [0, 0.05) is 25.1 Å². The van der Waals surface area contributed by atoms with Crippen molar-refractivity contribution in [3.8, 4) is 12.3 Å². The number of nitrogens with zero attached hydrogens (tertiary/aromatic N) is 3. The number of aromatic carboxylic acids is 1. The number of likely N-dealkylation sites (tertiary alicyclic amines) is 1. The molecular formula is C30H46N4O7S. The Hall–Kier alpha value is -3.01. The molecule has 2 N–H and O–H groups in total. The van der Waals surface area contributed by atoms with Crippen molar-refractivity contribution in [3.63, 3.8) is 0 Å². The van der Waals surface area contributed by atoms with Gasteiger partial charge in [0.15, 0.2) is 11.8 Å². The van der Waals surface area contributed by atoms with Crippen LogP contribution in [0.25, 0.3) is 0 Å². The molecule has 12 heteroatoms. The summed E-state index contributed by atoms with van der Waals surface area (Å²) in [5.74, 6) is -0.141. The number of aromatic nitrogens is 1. The van der Waals surface area contributed by atoms with Gasteiger partial charge in [0.05, 0.1) is 18.7 Å². The van der Waals surface area contributed by atoms with Gasteiger partial charge in [-0.05, 0) is 44.7 Å². The molecule has 5 atom stereocenters. The number of unbranched alkanes of at least 4 members (excludes halogenated alkanes) is 1. The first-order chi connectivity index (χ1) is 19.9. The lowest BCUT2D eigenvalue weighted by Crippen LogP contribution is -2.58. The molecule has 1 aliphatic heterocycles. The number of hydrogen-bond donors (Lipinski definition) is 2. The van der Waals surface area contributed by atoms with Gasteiger partial charge in [-0.2, -0.15) is 0 Å². The summed E-state index contributed by atoms with van der Waals surface area (Å²) in [4.78, 5) is 63.5. The third kappa shape index (κ3) is 10.1. The number of esters is 1. The number of carbonyl (C=O) groups excluding carboxylic acids is 3. The van der Waals surface area contributed by atoms with Crippen LogP contribution in [0.3, 0.4) is 0 Å². The number of piperidine rings is 1. The minimum atomic E-state index is -1.19. The fourth-order valence-electron chi connectivity index (χ4n) is 4.93. The van der Waals surface area contributed by atoms with Crippen molar-refractivity contribution >= 4 is 35.1 Å². The fourth-order valence-corrected chi connectivity index (χ4v) is 5.76. The lowest BCUT2D eigenvalue weighted by Gasteiger charge is -2.39. The molecule has 0 aromatic carbocycles. The summed E-state index contributed by atoms with van der Waals surface area (Å²) in [6.07, 6.45) is 8.93. The Balaban J connectivity index is 2.44. The van der Waals surface area contributed by atoms with Crippen molar-refractivity contribution in [2.24, 2.45) is 11.8 Å². The summed E-state index contributed by atoms with van der Waals surface area (Å²) in [5.41, 5.74) is -0.154. The average Bonchev–Trinajstić information content (AvgIpc) is 3.44. The van der Waals surface area contributed by atoms with Crippen LogP contribution in [-0.2, 0) is 24.0 Å². The highest BCUT2D eigenvalue weighted by atomic mass is 32.1. The molecule has 2 amide bonds. The van der Waals surface area contributed by atoms with Crippen LogP contribution in [0.15, 0.2) is 5.38 Å². The lowest BCUT2D eigenvalue weighted by molar-refractivity contribution is -0.213. The number of amides is 2. The SMILES string of the molecule is C#CCCCON(C(=O)C(NC(=O)[C@H]1CCCCN1C)C(C)CC)C(CC(OC(C)=O)c1nc(C(=O)O)cs1)C(C)C. The fraction of sp³-hybridized carbons (Fsp3) is 0.700. The van der Waals surface area contributed by atoms with Crippen LogP contribution in [0.5, 0.6) is 0 Å². The van der Waals surface area contributed by atoms with Crippen molar-refractivity contribution in [1.29, 1.82) is 0 Å². The van der Waals surface area contributed by atoms with E-state index in [1.807, 2.05) is 39.6 Å². The van der Waals surface area contributed by atoms with Crippen LogP contribution in [0, 0.1) is 24.2 Å². The summed E-state index contributed by atoms with van der Waals surface area (Å²) in [6, 6.07) is -1.77. The van der Waals surface area contributed by atoms with Crippen LogP contribution in [-0.4, -0.2) is 82.1 Å². The molecule has 1 aromatic heterocycles. The second-order valence-electron chi connectivity index (χ2n) is 11.2. The number of likely N-dealkylation sites (N-methyl/N-ethyl adjacent to an activating group) is 1. The van der Waals surface area contributed by atoms with Crippen LogP contribution in [0.4, 0.5) is 0 Å². The Kier molecular flexibility index (Phi) is 14.4. The van der Waals surface area contributed by atoms with Crippen LogP contribution < -0.4 is 5.32 Å². The number of hydroxylamine groups is 2. The molecular weight excluding hydrogens is 560 g/mol. The molecule has 11 nitrogen and oxygen atoms in total. The maximum atomic E-state index is 14.3. The largest absolute Gasteiger partial charge is 0.476 e. The highest BCUT2D eigenvalue weighted by Gasteiger charge is 2.39. The first-order valence-electron chi connectivity index (χ1n) is 14.7. The summed E-state index contributed by atoms with van der Waals surface area (Å²) in [5, 5.41) is 15.4. The van der Waals surface area contributed by atoms with Gasteiger partial charge in [0.1, 0.15) is 11.0 Å². The Labute approximate surface area is 253 Å². The number of ether oxygens (including phenoxy) is 1. The zero-order chi connectivity index (χ0) is 31.4. The third-order valence-corrected chi connectivity index (χ3v) is 8.55. The molecule has 2 heterocycles. The van der Waals surface area contributed by atoms with Gasteiger partial charge in [0.2, 0.25) is 5.91 Å². The van der Waals surface area contributed by atoms with E-state index in [1.165, 1.54) is 17.4 Å². The topological polar surface area (TPSA) is 138 Å². The van der Waals surface area contributed by atoms with E-state index in [4.69, 9.17) is 16.0 Å². The molecule has 1 fully saturated rings. The van der Waals surface area contributed by atoms with E-state index in [0.717, 1.165) is 37.1 Å². The third-order valence-electron chi connectivity index (χ3n) is 7.61. The Bertz CT molecular complexity index is 1100. The van der Waals surface area contributed by atoms with Crippen molar-refractivity contribution in [3.05, 3.63) is 16.1 Å². The zero-order valence-electron chi connectivity index (χ0n) is 25.6. The van der Waals surface area contributed by atoms with Crippen LogP contribution in [0.1, 0.15) is 101 Å². The summed E-state index contributed by atoms with van der Waals surface area (Å²) < 4.78 is 5.59. The van der Waals surface area contributed by atoms with Crippen LogP contribution >= 0.6 is 11.3 Å². The number of hydrogen-bond acceptors (Lipinski definition) is 9. The predicted octanol–water partition coefficient (Wildman–Crippen LogP) is 4.05. The molecule has 4 unspecified atom stereocenters. The number of thiazole rings is 1. The van der Waals surface area contributed by atoms with Gasteiger partial charge in [0.25, 0.3) is 5.91 Å². The van der Waals surface area contributed by atoms with E-state index in [-0.39, 0.29) is 42.5 Å². The molecule has 1 aromatic rings. The van der Waals surface area contributed by atoms with Gasteiger partial charge in [-0.25, -0.2) is 14.8 Å². The summed E-state index contributed by atoms with van der Waals surface area (Å²) in [6.45, 7) is 9.96. The summed E-state index contributed by atoms with van der Waals surface area (Å²) >= 11 is 1.07. The van der Waals surface area contributed by atoms with E-state index in [1.54, 1.807) is 0 Å². The van der Waals surface area contributed by atoms with E-state index >= 15 is 0 Å². The number of carbonyl (C=O) groups is 4. The minimum absolute atomic E-state index is 0.108. The number of carboxylic acids is 1. The molecule has 1 aliphatic rings. The molecule has 234 valence electrons. The predicted molar refractivity (Wildman–Crippen MR) is 159 cm³/mol. The Morgan fingerprint density at radius 1 is 1.29 bits per heavy atom. The van der Waals surface area contributed by atoms with Crippen LogP contribution in [0.2, 0.25) is 0 Å². The first kappa shape index (κ1) is 35.2. The van der Waals surface area contributed by atoms with E-state index in [2.05, 4.69) is 16.2 Å². The molecule has 0 saturated carbocycles. The number of terminal acetylenes is 1. The van der Waals surface area contributed by atoms with Gasteiger partial charge < -0.3 is 15.2 Å². The van der Waals surface area contributed by atoms with Crippen molar-refractivity contribution in [1.82, 2.24) is 20.3 Å². The highest BCUT2D eigenvalue weighted by molar-refractivity contribution is 7.09. The van der Waals surface area contributed by atoms with Gasteiger partial charge in [-0.1, -0.05) is 40.5 Å². The average molecular weight is 607 g/mol. The second-order valence-corrected chi connectivity index (χ2v) is 12.1. The summed E-state index contributed by atoms with van der Waals surface area (Å²) in [7, 11) is 1.92. The number of rotatable bonds is 16. The molecule has 0 bridgehead atoms. The molecule has 0 aliphatic carbocycles. The van der Waals surface area contributed by atoms with E-state index in [9.17, 15) is 24.3 Å². The molecule has 42 heavy (non-hydrogen) atoms. The number of nitrogens with one attached hydrogen (secondary N) is 1. The molecule has 1 saturated heterocycles. The van der Waals surface area contributed by atoms with E-state index < -0.39 is 36.0 Å². The minimum Gasteiger partial charge on any atom is -0.476 e. The Morgan fingerprint density at radius 2 is 2.00 bits per heavy atom. The van der Waals surface area contributed by atoms with Gasteiger partial charge >= 0.3 is 11.9 Å². The second kappa shape index (κ2) is 17.2. The normalized spacial score (nSPS) is 18.4. The maximum absolute atomic E-state index is 14.3. The molecule has 0 spiro atoms. The maximum Gasteiger partial charge on any atom is 0.355 e. The number of carboxylic acid groups (broad SMARTS) is 1. The molecule has 0 radical (unpaired) electrons. The monoisotopic (exact) mass is 606 g/mol. The van der Waals surface area contributed by atoms with Crippen molar-refractivity contribution in [2.45, 2.75) is 104 Å². The van der Waals surface area contributed by atoms with Gasteiger partial charge in [-0.15, -0.1) is 23.7 Å². The smallest absolute Gasteiger partial charge is 0.355 e. The highest BCUT2D eigenvalue weighted by Crippen LogP contribution is 2.32. The van der Waals surface area contributed by atoms with E-state index in [0.29, 0.717) is 24.3 Å². The lowest BCUT2D eigenvalue weighted by atomic mass is 9.93. The van der Waals surface area contributed by atoms with Crippen molar-refractivity contribution in [2.75, 3.05) is 20.2 Å².